The molecule has 102 valence electrons. The molecule has 0 aromatic carbocycles. The fraction of sp³-hybridized carbons (Fsp3) is 0.500. The molecule has 1 aliphatic rings. The van der Waals surface area contributed by atoms with Crippen LogP contribution in [-0.2, 0) is 4.79 Å². The maximum absolute atomic E-state index is 11.1. The van der Waals surface area contributed by atoms with E-state index in [0.29, 0.717) is 17.8 Å². The fourth-order valence-corrected chi connectivity index (χ4v) is 2.41. The number of hydrogen-bond donors (Lipinski definition) is 2. The van der Waals surface area contributed by atoms with E-state index in [1.807, 2.05) is 0 Å². The number of hydrogen-bond acceptors (Lipinski definition) is 5. The third kappa shape index (κ3) is 2.81. The molecule has 19 heavy (non-hydrogen) atoms. The number of nitrogens with one attached hydrogen (secondary N) is 1. The van der Waals surface area contributed by atoms with Crippen molar-refractivity contribution in [1.29, 1.82) is 0 Å². The molecule has 0 bridgehead atoms. The van der Waals surface area contributed by atoms with Crippen LogP contribution in [0.5, 0.6) is 0 Å². The predicted molar refractivity (Wildman–Crippen MR) is 68.0 cm³/mol. The van der Waals surface area contributed by atoms with Crippen molar-refractivity contribution in [2.24, 2.45) is 5.92 Å². The van der Waals surface area contributed by atoms with E-state index in [0.717, 1.165) is 12.8 Å². The summed E-state index contributed by atoms with van der Waals surface area (Å²) in [5, 5.41) is 22.9. The van der Waals surface area contributed by atoms with Crippen LogP contribution in [0.15, 0.2) is 12.3 Å². The maximum atomic E-state index is 11.1. The lowest BCUT2D eigenvalue weighted by molar-refractivity contribution is -0.385. The van der Waals surface area contributed by atoms with Gasteiger partial charge in [-0.15, -0.1) is 0 Å². The van der Waals surface area contributed by atoms with Gasteiger partial charge in [0.25, 0.3) is 5.69 Å². The van der Waals surface area contributed by atoms with E-state index in [1.165, 1.54) is 12.3 Å². The van der Waals surface area contributed by atoms with E-state index in [-0.39, 0.29) is 11.7 Å². The second kappa shape index (κ2) is 5.21. The third-order valence-electron chi connectivity index (χ3n) is 3.44. The highest BCUT2D eigenvalue weighted by atomic mass is 16.6. The lowest BCUT2D eigenvalue weighted by Crippen LogP contribution is -2.30. The third-order valence-corrected chi connectivity index (χ3v) is 3.44. The number of carboxylic acid groups (broad SMARTS) is 1. The minimum Gasteiger partial charge on any atom is -0.481 e. The molecule has 2 atom stereocenters. The van der Waals surface area contributed by atoms with E-state index >= 15 is 0 Å². The number of pyridine rings is 1. The van der Waals surface area contributed by atoms with Crippen molar-refractivity contribution in [3.05, 3.63) is 27.9 Å². The van der Waals surface area contributed by atoms with Crippen LogP contribution in [0.4, 0.5) is 11.5 Å². The number of carboxylic acids is 1. The Morgan fingerprint density at radius 1 is 1.58 bits per heavy atom. The summed E-state index contributed by atoms with van der Waals surface area (Å²) in [4.78, 5) is 25.5. The minimum absolute atomic E-state index is 0.0117. The number of nitro groups is 1. The Labute approximate surface area is 109 Å². The quantitative estimate of drug-likeness (QED) is 0.636. The zero-order valence-electron chi connectivity index (χ0n) is 10.5. The van der Waals surface area contributed by atoms with Gasteiger partial charge in [0.15, 0.2) is 0 Å². The lowest BCUT2D eigenvalue weighted by Gasteiger charge is -2.18. The maximum Gasteiger partial charge on any atom is 0.308 e. The molecule has 1 heterocycles. The van der Waals surface area contributed by atoms with Gasteiger partial charge in [-0.3, -0.25) is 14.9 Å². The number of aliphatic carboxylic acids is 1. The number of aryl methyl sites for hydroxylation is 1. The number of carbonyl (C=O) groups is 1. The summed E-state index contributed by atoms with van der Waals surface area (Å²) in [6.07, 6.45) is 3.62. The fourth-order valence-electron chi connectivity index (χ4n) is 2.41. The Kier molecular flexibility index (Phi) is 3.64. The van der Waals surface area contributed by atoms with Gasteiger partial charge in [-0.25, -0.2) is 4.98 Å². The molecule has 1 fully saturated rings. The topological polar surface area (TPSA) is 105 Å². The first kappa shape index (κ1) is 13.3. The van der Waals surface area contributed by atoms with Crippen molar-refractivity contribution in [2.45, 2.75) is 32.2 Å². The summed E-state index contributed by atoms with van der Waals surface area (Å²) in [5.74, 6) is -0.936. The van der Waals surface area contributed by atoms with E-state index in [9.17, 15) is 14.9 Å². The highest BCUT2D eigenvalue weighted by molar-refractivity contribution is 5.72. The molecule has 7 nitrogen and oxygen atoms in total. The highest BCUT2D eigenvalue weighted by Crippen LogP contribution is 2.29. The van der Waals surface area contributed by atoms with Gasteiger partial charge in [0.05, 0.1) is 16.9 Å². The molecule has 1 aliphatic carbocycles. The van der Waals surface area contributed by atoms with Gasteiger partial charge < -0.3 is 10.4 Å². The molecule has 0 aliphatic heterocycles. The van der Waals surface area contributed by atoms with E-state index < -0.39 is 16.8 Å². The average Bonchev–Trinajstić information content (AvgIpc) is 2.79. The first-order valence-electron chi connectivity index (χ1n) is 6.09. The van der Waals surface area contributed by atoms with Gasteiger partial charge in [-0.1, -0.05) is 6.42 Å². The molecular weight excluding hydrogens is 250 g/mol. The van der Waals surface area contributed by atoms with Crippen molar-refractivity contribution in [3.8, 4) is 0 Å². The first-order chi connectivity index (χ1) is 8.99. The zero-order valence-corrected chi connectivity index (χ0v) is 10.5. The summed E-state index contributed by atoms with van der Waals surface area (Å²) in [6, 6.07) is 1.14. The Morgan fingerprint density at radius 2 is 2.32 bits per heavy atom. The SMILES string of the molecule is Cc1cnc(NC2CCCC2C(=O)O)cc1[N+](=O)[O-]. The second-order valence-corrected chi connectivity index (χ2v) is 4.74. The monoisotopic (exact) mass is 265 g/mol. The first-order valence-corrected chi connectivity index (χ1v) is 6.09. The van der Waals surface area contributed by atoms with Crippen LogP contribution in [0, 0.1) is 23.0 Å². The standard InChI is InChI=1S/C12H15N3O4/c1-7-6-13-11(5-10(7)15(18)19)14-9-4-2-3-8(9)12(16)17/h5-6,8-9H,2-4H2,1H3,(H,13,14)(H,16,17). The largest absolute Gasteiger partial charge is 0.481 e. The molecule has 1 aromatic rings. The highest BCUT2D eigenvalue weighted by Gasteiger charge is 2.33. The van der Waals surface area contributed by atoms with Crippen molar-refractivity contribution in [2.75, 3.05) is 5.32 Å². The van der Waals surface area contributed by atoms with Crippen molar-refractivity contribution in [1.82, 2.24) is 4.98 Å². The Morgan fingerprint density at radius 3 is 2.95 bits per heavy atom. The molecule has 2 rings (SSSR count). The molecule has 0 radical (unpaired) electrons. The van der Waals surface area contributed by atoms with Crippen LogP contribution >= 0.6 is 0 Å². The minimum atomic E-state index is -0.836. The summed E-state index contributed by atoms with van der Waals surface area (Å²) in [7, 11) is 0. The van der Waals surface area contributed by atoms with Crippen molar-refractivity contribution in [3.63, 3.8) is 0 Å². The zero-order chi connectivity index (χ0) is 14.0. The van der Waals surface area contributed by atoms with E-state index in [2.05, 4.69) is 10.3 Å². The molecule has 2 N–H and O–H groups in total. The summed E-state index contributed by atoms with van der Waals surface area (Å²) in [6.45, 7) is 1.62. The summed E-state index contributed by atoms with van der Waals surface area (Å²) in [5.41, 5.74) is 0.471. The molecule has 7 heteroatoms. The van der Waals surface area contributed by atoms with Crippen LogP contribution in [-0.4, -0.2) is 27.0 Å². The number of nitrogens with zero attached hydrogens (tertiary/aromatic N) is 2. The normalized spacial score (nSPS) is 22.2. The Balaban J connectivity index is 2.17. The van der Waals surface area contributed by atoms with Gasteiger partial charge >= 0.3 is 5.97 Å². The Bertz CT molecular complexity index is 518. The smallest absolute Gasteiger partial charge is 0.308 e. The molecule has 2 unspecified atom stereocenters. The number of anilines is 1. The van der Waals surface area contributed by atoms with E-state index in [4.69, 9.17) is 5.11 Å². The van der Waals surface area contributed by atoms with Crippen LogP contribution in [0.1, 0.15) is 24.8 Å². The molecule has 1 aromatic heterocycles. The van der Waals surface area contributed by atoms with Gasteiger partial charge in [0.1, 0.15) is 5.82 Å². The van der Waals surface area contributed by atoms with Crippen LogP contribution in [0.25, 0.3) is 0 Å². The number of aromatic nitrogens is 1. The van der Waals surface area contributed by atoms with Crippen molar-refractivity contribution >= 4 is 17.5 Å². The van der Waals surface area contributed by atoms with Gasteiger partial charge in [0, 0.05) is 17.8 Å². The van der Waals surface area contributed by atoms with Gasteiger partial charge in [-0.05, 0) is 19.8 Å². The molecule has 0 spiro atoms. The van der Waals surface area contributed by atoms with Crippen LogP contribution in [0.3, 0.4) is 0 Å². The molecule has 1 saturated carbocycles. The Hall–Kier alpha value is -2.18. The lowest BCUT2D eigenvalue weighted by atomic mass is 10.0. The summed E-state index contributed by atoms with van der Waals surface area (Å²) >= 11 is 0. The molecule has 0 amide bonds. The number of rotatable bonds is 4. The molecular formula is C12H15N3O4. The van der Waals surface area contributed by atoms with Crippen LogP contribution in [0.2, 0.25) is 0 Å². The van der Waals surface area contributed by atoms with Gasteiger partial charge in [0.2, 0.25) is 0 Å². The summed E-state index contributed by atoms with van der Waals surface area (Å²) < 4.78 is 0. The molecule has 0 saturated heterocycles. The van der Waals surface area contributed by atoms with Crippen LogP contribution < -0.4 is 5.32 Å². The van der Waals surface area contributed by atoms with Gasteiger partial charge in [-0.2, -0.15) is 0 Å². The predicted octanol–water partition coefficient (Wildman–Crippen LogP) is 1.96. The second-order valence-electron chi connectivity index (χ2n) is 4.74. The van der Waals surface area contributed by atoms with Crippen molar-refractivity contribution < 1.29 is 14.8 Å². The van der Waals surface area contributed by atoms with E-state index in [1.54, 1.807) is 6.92 Å². The average molecular weight is 265 g/mol.